The van der Waals surface area contributed by atoms with Gasteiger partial charge in [-0.15, -0.1) is 0 Å². The van der Waals surface area contributed by atoms with Crippen molar-refractivity contribution in [3.05, 3.63) is 35.6 Å². The Hall–Kier alpha value is -1.42. The molecule has 1 atom stereocenters. The molecule has 2 heterocycles. The van der Waals surface area contributed by atoms with Crippen LogP contribution in [0.1, 0.15) is 24.8 Å². The van der Waals surface area contributed by atoms with Gasteiger partial charge in [-0.2, -0.15) is 0 Å². The first-order valence-electron chi connectivity index (χ1n) is 7.44. The average Bonchev–Trinajstić information content (AvgIpc) is 2.90. The molecular weight excluding hydrogens is 255 g/mol. The molecule has 1 N–H and O–H groups in total. The lowest BCUT2D eigenvalue weighted by Gasteiger charge is -2.21. The lowest BCUT2D eigenvalue weighted by atomic mass is 9.95. The number of halogens is 1. The van der Waals surface area contributed by atoms with E-state index in [0.29, 0.717) is 12.5 Å². The van der Waals surface area contributed by atoms with Crippen molar-refractivity contribution in [3.8, 4) is 0 Å². The van der Waals surface area contributed by atoms with E-state index in [4.69, 9.17) is 4.74 Å². The summed E-state index contributed by atoms with van der Waals surface area (Å²) >= 11 is 0. The lowest BCUT2D eigenvalue weighted by Crippen LogP contribution is -2.28. The maximum absolute atomic E-state index is 12.9. The van der Waals surface area contributed by atoms with Crippen LogP contribution in [0.5, 0.6) is 0 Å². The van der Waals surface area contributed by atoms with E-state index in [1.807, 2.05) is 12.1 Å². The number of hydrogen-bond acceptors (Lipinski definition) is 3. The molecule has 1 unspecified atom stereocenters. The van der Waals surface area contributed by atoms with Gasteiger partial charge < -0.3 is 10.1 Å². The van der Waals surface area contributed by atoms with E-state index in [1.165, 1.54) is 25.0 Å². The van der Waals surface area contributed by atoms with Crippen LogP contribution in [0.3, 0.4) is 0 Å². The molecule has 1 aromatic rings. The van der Waals surface area contributed by atoms with Gasteiger partial charge in [-0.25, -0.2) is 9.38 Å². The molecule has 108 valence electrons. The van der Waals surface area contributed by atoms with Crippen LogP contribution in [-0.2, 0) is 11.2 Å². The normalized spacial score (nSPS) is 23.4. The first kappa shape index (κ1) is 13.6. The predicted octanol–water partition coefficient (Wildman–Crippen LogP) is 2.56. The Balaban J connectivity index is 1.53. The minimum absolute atomic E-state index is 0.188. The van der Waals surface area contributed by atoms with Gasteiger partial charge in [0.25, 0.3) is 0 Å². The molecule has 0 amide bonds. The number of nitrogens with zero attached hydrogens (tertiary/aromatic N) is 1. The maximum Gasteiger partial charge on any atom is 0.183 e. The van der Waals surface area contributed by atoms with E-state index < -0.39 is 0 Å². The lowest BCUT2D eigenvalue weighted by molar-refractivity contribution is 0.292. The van der Waals surface area contributed by atoms with Gasteiger partial charge in [-0.05, 0) is 56.0 Å². The Labute approximate surface area is 119 Å². The van der Waals surface area contributed by atoms with E-state index in [-0.39, 0.29) is 11.9 Å². The van der Waals surface area contributed by atoms with Gasteiger partial charge >= 0.3 is 0 Å². The van der Waals surface area contributed by atoms with Gasteiger partial charge in [0.05, 0.1) is 6.04 Å². The Bertz CT molecular complexity index is 466. The summed E-state index contributed by atoms with van der Waals surface area (Å²) in [5.74, 6) is 1.44. The van der Waals surface area contributed by atoms with Crippen LogP contribution in [0.15, 0.2) is 29.3 Å². The molecule has 1 saturated heterocycles. The van der Waals surface area contributed by atoms with Gasteiger partial charge in [0.1, 0.15) is 12.4 Å². The number of nitrogens with one attached hydrogen (secondary N) is 1. The molecule has 1 aromatic carbocycles. The smallest absolute Gasteiger partial charge is 0.183 e. The summed E-state index contributed by atoms with van der Waals surface area (Å²) in [5, 5.41) is 3.37. The highest BCUT2D eigenvalue weighted by atomic mass is 19.1. The average molecular weight is 276 g/mol. The van der Waals surface area contributed by atoms with Gasteiger partial charge in [0, 0.05) is 6.42 Å². The van der Waals surface area contributed by atoms with Crippen molar-refractivity contribution in [2.75, 3.05) is 19.7 Å². The zero-order valence-electron chi connectivity index (χ0n) is 11.6. The van der Waals surface area contributed by atoms with E-state index in [0.717, 1.165) is 37.4 Å². The molecule has 0 saturated carbocycles. The van der Waals surface area contributed by atoms with E-state index in [1.54, 1.807) is 0 Å². The third-order valence-electron chi connectivity index (χ3n) is 4.08. The van der Waals surface area contributed by atoms with Crippen molar-refractivity contribution in [2.45, 2.75) is 31.7 Å². The zero-order valence-corrected chi connectivity index (χ0v) is 11.6. The van der Waals surface area contributed by atoms with Crippen molar-refractivity contribution >= 4 is 5.90 Å². The summed E-state index contributed by atoms with van der Waals surface area (Å²) in [6, 6.07) is 6.86. The number of ether oxygens (including phenoxy) is 1. The van der Waals surface area contributed by atoms with E-state index in [9.17, 15) is 4.39 Å². The summed E-state index contributed by atoms with van der Waals surface area (Å²) in [7, 11) is 0. The molecule has 4 heteroatoms. The van der Waals surface area contributed by atoms with Crippen molar-refractivity contribution in [1.82, 2.24) is 5.32 Å². The fraction of sp³-hybridized carbons (Fsp3) is 0.562. The Kier molecular flexibility index (Phi) is 4.31. The minimum Gasteiger partial charge on any atom is -0.479 e. The molecule has 3 rings (SSSR count). The Morgan fingerprint density at radius 3 is 2.65 bits per heavy atom. The summed E-state index contributed by atoms with van der Waals surface area (Å²) in [6.45, 7) is 2.88. The molecule has 0 bridgehead atoms. The number of rotatable bonds is 4. The van der Waals surface area contributed by atoms with E-state index >= 15 is 0 Å². The predicted molar refractivity (Wildman–Crippen MR) is 77.5 cm³/mol. The number of hydrogen-bond donors (Lipinski definition) is 1. The molecule has 0 aliphatic carbocycles. The summed E-state index contributed by atoms with van der Waals surface area (Å²) in [5.41, 5.74) is 1.12. The van der Waals surface area contributed by atoms with Crippen molar-refractivity contribution in [2.24, 2.45) is 10.9 Å². The highest BCUT2D eigenvalue weighted by Crippen LogP contribution is 2.21. The quantitative estimate of drug-likeness (QED) is 0.917. The third kappa shape index (κ3) is 3.57. The third-order valence-corrected chi connectivity index (χ3v) is 4.08. The minimum atomic E-state index is -0.188. The van der Waals surface area contributed by atoms with Crippen LogP contribution in [0.4, 0.5) is 4.39 Å². The zero-order chi connectivity index (χ0) is 13.8. The van der Waals surface area contributed by atoms with Crippen LogP contribution in [0.25, 0.3) is 0 Å². The molecule has 20 heavy (non-hydrogen) atoms. The fourth-order valence-corrected chi connectivity index (χ4v) is 2.91. The fourth-order valence-electron chi connectivity index (χ4n) is 2.91. The van der Waals surface area contributed by atoms with Crippen molar-refractivity contribution in [1.29, 1.82) is 0 Å². The first-order chi connectivity index (χ1) is 9.79. The largest absolute Gasteiger partial charge is 0.479 e. The Morgan fingerprint density at radius 2 is 1.90 bits per heavy atom. The summed E-state index contributed by atoms with van der Waals surface area (Å²) in [4.78, 5) is 4.68. The Morgan fingerprint density at radius 1 is 1.15 bits per heavy atom. The molecule has 1 fully saturated rings. The number of piperidine rings is 1. The van der Waals surface area contributed by atoms with Crippen LogP contribution in [0.2, 0.25) is 0 Å². The first-order valence-corrected chi connectivity index (χ1v) is 7.44. The van der Waals surface area contributed by atoms with Crippen molar-refractivity contribution in [3.63, 3.8) is 0 Å². The summed E-state index contributed by atoms with van der Waals surface area (Å²) in [6.07, 6.45) is 4.23. The molecule has 3 nitrogen and oxygen atoms in total. The van der Waals surface area contributed by atoms with Crippen molar-refractivity contribution < 1.29 is 9.13 Å². The standard InChI is InChI=1S/C16H21FN2O/c17-14-3-1-12(2-4-14)9-15-11-20-16(19-15)10-13-5-7-18-8-6-13/h1-4,13,15,18H,5-11H2. The van der Waals surface area contributed by atoms with Crippen LogP contribution in [-0.4, -0.2) is 31.6 Å². The monoisotopic (exact) mass is 276 g/mol. The highest BCUT2D eigenvalue weighted by Gasteiger charge is 2.23. The molecule has 2 aliphatic rings. The molecule has 0 spiro atoms. The van der Waals surface area contributed by atoms with Gasteiger partial charge in [-0.1, -0.05) is 12.1 Å². The SMILES string of the molecule is Fc1ccc(CC2COC(CC3CCNCC3)=N2)cc1. The van der Waals surface area contributed by atoms with Gasteiger partial charge in [0.2, 0.25) is 0 Å². The molecule has 0 aromatic heterocycles. The van der Waals surface area contributed by atoms with Gasteiger partial charge in [-0.3, -0.25) is 0 Å². The van der Waals surface area contributed by atoms with Crippen LogP contribution < -0.4 is 5.32 Å². The second kappa shape index (κ2) is 6.35. The maximum atomic E-state index is 12.9. The van der Waals surface area contributed by atoms with Crippen LogP contribution in [0, 0.1) is 11.7 Å². The molecule has 0 radical (unpaired) electrons. The second-order valence-corrected chi connectivity index (χ2v) is 5.72. The van der Waals surface area contributed by atoms with Gasteiger partial charge in [0.15, 0.2) is 5.90 Å². The second-order valence-electron chi connectivity index (χ2n) is 5.72. The topological polar surface area (TPSA) is 33.6 Å². The number of benzene rings is 1. The number of aliphatic imine (C=N–C) groups is 1. The highest BCUT2D eigenvalue weighted by molar-refractivity contribution is 5.78. The summed E-state index contributed by atoms with van der Waals surface area (Å²) < 4.78 is 18.6. The molecular formula is C16H21FN2O. The molecule has 2 aliphatic heterocycles. The van der Waals surface area contributed by atoms with E-state index in [2.05, 4.69) is 10.3 Å². The van der Waals surface area contributed by atoms with Crippen LogP contribution >= 0.6 is 0 Å².